The van der Waals surface area contributed by atoms with Crippen molar-refractivity contribution in [3.05, 3.63) is 0 Å². The standard InChI is InChI=1S/2C24H51O2P.Fe/c2*1-3-5-7-9-11-13-15-17-19-21-23-27(25,26)24-22-20-18-16-14-12-10-8-6-4-2;/h2*3-24H2,1-2H3,(H,25,26);/q;;+2/p-2. The van der Waals surface area contributed by atoms with E-state index in [9.17, 15) is 18.9 Å². The van der Waals surface area contributed by atoms with Crippen LogP contribution in [0.15, 0.2) is 0 Å². The van der Waals surface area contributed by atoms with E-state index in [2.05, 4.69) is 27.7 Å². The number of unbranched alkanes of at least 4 members (excludes halogenated alkanes) is 36. The summed E-state index contributed by atoms with van der Waals surface area (Å²) in [6.07, 6.45) is 52.3. The maximum absolute atomic E-state index is 12.1. The Labute approximate surface area is 358 Å². The van der Waals surface area contributed by atoms with Gasteiger partial charge in [-0.05, 0) is 50.3 Å². The van der Waals surface area contributed by atoms with Gasteiger partial charge in [0, 0.05) is 14.7 Å². The molecule has 0 aliphatic rings. The Kier molecular flexibility index (Phi) is 53.9. The van der Waals surface area contributed by atoms with E-state index in [1.807, 2.05) is 0 Å². The summed E-state index contributed by atoms with van der Waals surface area (Å²) in [5.41, 5.74) is 0. The summed E-state index contributed by atoms with van der Waals surface area (Å²) in [7, 11) is -6.18. The van der Waals surface area contributed by atoms with Crippen LogP contribution in [-0.2, 0) is 26.2 Å². The van der Waals surface area contributed by atoms with Crippen LogP contribution in [-0.4, -0.2) is 24.6 Å². The molecule has 0 unspecified atom stereocenters. The minimum absolute atomic E-state index is 0. The molecule has 0 aliphatic carbocycles. The Morgan fingerprint density at radius 1 is 0.236 bits per heavy atom. The van der Waals surface area contributed by atoms with Crippen molar-refractivity contribution in [1.29, 1.82) is 0 Å². The molecule has 0 saturated carbocycles. The molecule has 7 heteroatoms. The molecule has 0 atom stereocenters. The molecule has 0 N–H and O–H groups in total. The van der Waals surface area contributed by atoms with E-state index in [4.69, 9.17) is 0 Å². The topological polar surface area (TPSA) is 80.3 Å². The first kappa shape index (κ1) is 60.2. The maximum atomic E-state index is 12.1. The van der Waals surface area contributed by atoms with Gasteiger partial charge in [-0.3, -0.25) is 0 Å². The quantitative estimate of drug-likeness (QED) is 0.0347. The number of hydrogen-bond donors (Lipinski definition) is 0. The Hall–Kier alpha value is 0.899. The molecule has 0 radical (unpaired) electrons. The fourth-order valence-corrected chi connectivity index (χ4v) is 10.9. The average molecular weight is 859 g/mol. The molecule has 0 aromatic heterocycles. The summed E-state index contributed by atoms with van der Waals surface area (Å²) < 4.78 is 24.3. The Morgan fingerprint density at radius 3 is 0.473 bits per heavy atom. The van der Waals surface area contributed by atoms with Crippen LogP contribution in [0.25, 0.3) is 0 Å². The molecule has 0 heterocycles. The van der Waals surface area contributed by atoms with Crippen LogP contribution < -0.4 is 9.79 Å². The second-order valence-electron chi connectivity index (χ2n) is 17.3. The molecule has 4 nitrogen and oxygen atoms in total. The van der Waals surface area contributed by atoms with Crippen molar-refractivity contribution in [3.8, 4) is 0 Å². The average Bonchev–Trinajstić information content (AvgIpc) is 3.15. The van der Waals surface area contributed by atoms with Gasteiger partial charge in [-0.15, -0.1) is 0 Å². The SMILES string of the molecule is CCCCCCCCCCCCP(=O)([O-])CCCCCCCCCCCC.CCCCCCCCCCCCP(=O)([O-])CCCCCCCCCCCC.[Fe+2]. The van der Waals surface area contributed by atoms with Gasteiger partial charge in [0.25, 0.3) is 0 Å². The molecule has 0 fully saturated rings. The minimum atomic E-state index is -3.09. The van der Waals surface area contributed by atoms with Crippen molar-refractivity contribution in [2.45, 2.75) is 285 Å². The predicted octanol–water partition coefficient (Wildman–Crippen LogP) is 16.9. The third-order valence-corrected chi connectivity index (χ3v) is 15.4. The van der Waals surface area contributed by atoms with Gasteiger partial charge in [0.2, 0.25) is 0 Å². The van der Waals surface area contributed by atoms with E-state index in [1.165, 1.54) is 205 Å². The first-order valence-electron chi connectivity index (χ1n) is 24.8. The van der Waals surface area contributed by atoms with Crippen LogP contribution in [0, 0.1) is 0 Å². The van der Waals surface area contributed by atoms with Gasteiger partial charge in [0.05, 0.1) is 0 Å². The van der Waals surface area contributed by atoms with E-state index in [0.29, 0.717) is 24.6 Å². The van der Waals surface area contributed by atoms with Crippen LogP contribution in [0.2, 0.25) is 0 Å². The first-order chi connectivity index (χ1) is 26.2. The fourth-order valence-electron chi connectivity index (χ4n) is 7.58. The van der Waals surface area contributed by atoms with E-state index in [0.717, 1.165) is 51.4 Å². The second-order valence-corrected chi connectivity index (χ2v) is 22.3. The van der Waals surface area contributed by atoms with Crippen LogP contribution in [0.4, 0.5) is 0 Å². The Bertz CT molecular complexity index is 676. The van der Waals surface area contributed by atoms with Gasteiger partial charge in [0.15, 0.2) is 0 Å². The summed E-state index contributed by atoms with van der Waals surface area (Å²) in [5.74, 6) is 0. The Balaban J connectivity index is -0.000000966. The smallest absolute Gasteiger partial charge is 0.799 e. The van der Waals surface area contributed by atoms with E-state index < -0.39 is 14.7 Å². The molecule has 0 bridgehead atoms. The predicted molar refractivity (Wildman–Crippen MR) is 242 cm³/mol. The summed E-state index contributed by atoms with van der Waals surface area (Å²) in [6.45, 7) is 9.02. The van der Waals surface area contributed by atoms with Crippen molar-refractivity contribution >= 4 is 14.7 Å². The molecule has 0 saturated heterocycles. The minimum Gasteiger partial charge on any atom is -0.799 e. The normalized spacial score (nSPS) is 11.7. The van der Waals surface area contributed by atoms with E-state index in [1.54, 1.807) is 0 Å². The zero-order valence-electron chi connectivity index (χ0n) is 38.0. The first-order valence-corrected chi connectivity index (χ1v) is 28.8. The van der Waals surface area contributed by atoms with Gasteiger partial charge >= 0.3 is 17.1 Å². The van der Waals surface area contributed by atoms with Gasteiger partial charge in [-0.25, -0.2) is 0 Å². The fraction of sp³-hybridized carbons (Fsp3) is 1.00. The molecule has 0 spiro atoms. The molecule has 0 aromatic rings. The van der Waals surface area contributed by atoms with Crippen LogP contribution in [0.3, 0.4) is 0 Å². The van der Waals surface area contributed by atoms with E-state index in [-0.39, 0.29) is 17.1 Å². The zero-order valence-corrected chi connectivity index (χ0v) is 40.9. The van der Waals surface area contributed by atoms with Crippen molar-refractivity contribution < 1.29 is 36.0 Å². The molecule has 334 valence electrons. The maximum Gasteiger partial charge on any atom is 2.00 e. The monoisotopic (exact) mass is 859 g/mol. The van der Waals surface area contributed by atoms with Crippen molar-refractivity contribution in [1.82, 2.24) is 0 Å². The summed E-state index contributed by atoms with van der Waals surface area (Å²) in [6, 6.07) is 0. The summed E-state index contributed by atoms with van der Waals surface area (Å²) in [5, 5.41) is 0. The van der Waals surface area contributed by atoms with Gasteiger partial charge in [0.1, 0.15) is 0 Å². The van der Waals surface area contributed by atoms with E-state index >= 15 is 0 Å². The van der Waals surface area contributed by atoms with Gasteiger partial charge < -0.3 is 18.9 Å². The third kappa shape index (κ3) is 54.9. The largest absolute Gasteiger partial charge is 2.00 e. The Morgan fingerprint density at radius 2 is 0.345 bits per heavy atom. The van der Waals surface area contributed by atoms with Gasteiger partial charge in [-0.1, -0.05) is 259 Å². The van der Waals surface area contributed by atoms with Gasteiger partial charge in [-0.2, -0.15) is 0 Å². The molecular formula is C48H100FeO4P2. The molecule has 0 amide bonds. The second kappa shape index (κ2) is 49.3. The molecule has 0 aliphatic heterocycles. The third-order valence-electron chi connectivity index (χ3n) is 11.4. The zero-order chi connectivity index (χ0) is 40.1. The van der Waals surface area contributed by atoms with Crippen molar-refractivity contribution in [2.75, 3.05) is 24.6 Å². The molecule has 0 rings (SSSR count). The molecule has 0 aromatic carbocycles. The number of rotatable bonds is 44. The van der Waals surface area contributed by atoms with Crippen molar-refractivity contribution in [2.24, 2.45) is 0 Å². The van der Waals surface area contributed by atoms with Crippen LogP contribution in [0.1, 0.15) is 285 Å². The molecular weight excluding hydrogens is 758 g/mol. The van der Waals surface area contributed by atoms with Crippen LogP contribution >= 0.6 is 14.7 Å². The summed E-state index contributed by atoms with van der Waals surface area (Å²) >= 11 is 0. The van der Waals surface area contributed by atoms with Crippen molar-refractivity contribution in [3.63, 3.8) is 0 Å². The van der Waals surface area contributed by atoms with Crippen LogP contribution in [0.5, 0.6) is 0 Å². The number of hydrogen-bond acceptors (Lipinski definition) is 4. The summed E-state index contributed by atoms with van der Waals surface area (Å²) in [4.78, 5) is 24.3. The molecule has 55 heavy (non-hydrogen) atoms.